The lowest BCUT2D eigenvalue weighted by Gasteiger charge is -2.19. The molecule has 0 fully saturated rings. The Kier molecular flexibility index (Phi) is 5.87. The Balaban J connectivity index is 1.90. The Hall–Kier alpha value is -2.62. The smallest absolute Gasteiger partial charge is 0.339 e. The second kappa shape index (κ2) is 8.17. The molecule has 1 aliphatic rings. The lowest BCUT2D eigenvalue weighted by atomic mass is 9.86. The molecule has 0 spiro atoms. The van der Waals surface area contributed by atoms with E-state index in [-0.39, 0.29) is 11.3 Å². The van der Waals surface area contributed by atoms with Crippen LogP contribution in [0.15, 0.2) is 36.4 Å². The number of rotatable bonds is 3. The summed E-state index contributed by atoms with van der Waals surface area (Å²) in [6.07, 6.45) is 5.37. The van der Waals surface area contributed by atoms with Crippen molar-refractivity contribution < 1.29 is 14.3 Å². The Labute approximate surface area is 167 Å². The van der Waals surface area contributed by atoms with Crippen molar-refractivity contribution in [1.29, 1.82) is 0 Å². The summed E-state index contributed by atoms with van der Waals surface area (Å²) in [4.78, 5) is 25.1. The van der Waals surface area contributed by atoms with Gasteiger partial charge in [-0.05, 0) is 72.1 Å². The standard InChI is InChI=1S/C24H29NO3/c1-24(2,3)19-12-10-16(11-13-19)22(26)25-21-15-18-9-7-5-6-8-17(18)14-20(21)23(27)28-4/h10-15H,5-9H2,1-4H3,(H,25,26). The van der Waals surface area contributed by atoms with Crippen molar-refractivity contribution in [1.82, 2.24) is 0 Å². The van der Waals surface area contributed by atoms with E-state index >= 15 is 0 Å². The summed E-state index contributed by atoms with van der Waals surface area (Å²) < 4.78 is 4.95. The summed E-state index contributed by atoms with van der Waals surface area (Å²) in [6.45, 7) is 6.42. The van der Waals surface area contributed by atoms with Crippen LogP contribution in [0.25, 0.3) is 0 Å². The Morgan fingerprint density at radius 1 is 0.929 bits per heavy atom. The van der Waals surface area contributed by atoms with Crippen molar-refractivity contribution in [3.05, 3.63) is 64.2 Å². The van der Waals surface area contributed by atoms with Gasteiger partial charge in [0.2, 0.25) is 0 Å². The third kappa shape index (κ3) is 4.44. The molecule has 2 aromatic rings. The van der Waals surface area contributed by atoms with Crippen molar-refractivity contribution in [3.63, 3.8) is 0 Å². The van der Waals surface area contributed by atoms with Gasteiger partial charge in [0, 0.05) is 5.56 Å². The maximum Gasteiger partial charge on any atom is 0.339 e. The zero-order valence-electron chi connectivity index (χ0n) is 17.2. The number of benzene rings is 2. The fourth-order valence-corrected chi connectivity index (χ4v) is 3.66. The molecule has 0 aromatic heterocycles. The normalized spacial score (nSPS) is 14.0. The number of ether oxygens (including phenoxy) is 1. The number of methoxy groups -OCH3 is 1. The third-order valence-electron chi connectivity index (χ3n) is 5.40. The van der Waals surface area contributed by atoms with Crippen LogP contribution < -0.4 is 5.32 Å². The number of hydrogen-bond acceptors (Lipinski definition) is 3. The monoisotopic (exact) mass is 379 g/mol. The Morgan fingerprint density at radius 2 is 1.54 bits per heavy atom. The second-order valence-corrected chi connectivity index (χ2v) is 8.50. The first-order valence-corrected chi connectivity index (χ1v) is 9.95. The predicted octanol–water partition coefficient (Wildman–Crippen LogP) is 5.29. The summed E-state index contributed by atoms with van der Waals surface area (Å²) >= 11 is 0. The maximum absolute atomic E-state index is 12.8. The van der Waals surface area contributed by atoms with E-state index in [1.807, 2.05) is 36.4 Å². The number of fused-ring (bicyclic) bond motifs is 1. The van der Waals surface area contributed by atoms with Gasteiger partial charge in [0.05, 0.1) is 18.4 Å². The molecule has 1 N–H and O–H groups in total. The van der Waals surface area contributed by atoms with E-state index in [2.05, 4.69) is 26.1 Å². The summed E-state index contributed by atoms with van der Waals surface area (Å²) in [5.41, 5.74) is 5.11. The van der Waals surface area contributed by atoms with Gasteiger partial charge in [0.25, 0.3) is 5.91 Å². The molecule has 0 atom stereocenters. The quantitative estimate of drug-likeness (QED) is 0.582. The van der Waals surface area contributed by atoms with Gasteiger partial charge in [-0.2, -0.15) is 0 Å². The first-order valence-electron chi connectivity index (χ1n) is 9.95. The molecule has 0 heterocycles. The molecule has 28 heavy (non-hydrogen) atoms. The highest BCUT2D eigenvalue weighted by Crippen LogP contribution is 2.28. The fraction of sp³-hybridized carbons (Fsp3) is 0.417. The third-order valence-corrected chi connectivity index (χ3v) is 5.40. The molecule has 0 radical (unpaired) electrons. The van der Waals surface area contributed by atoms with E-state index in [4.69, 9.17) is 4.74 Å². The molecular formula is C24H29NO3. The number of carbonyl (C=O) groups excluding carboxylic acids is 2. The van der Waals surface area contributed by atoms with Crippen LogP contribution in [0, 0.1) is 0 Å². The van der Waals surface area contributed by atoms with Gasteiger partial charge in [-0.25, -0.2) is 4.79 Å². The van der Waals surface area contributed by atoms with Crippen LogP contribution in [0.4, 0.5) is 5.69 Å². The van der Waals surface area contributed by atoms with E-state index in [9.17, 15) is 9.59 Å². The highest BCUT2D eigenvalue weighted by Gasteiger charge is 2.20. The summed E-state index contributed by atoms with van der Waals surface area (Å²) in [5.74, 6) is -0.649. The number of amides is 1. The van der Waals surface area contributed by atoms with E-state index in [1.165, 1.54) is 30.2 Å². The molecule has 2 aromatic carbocycles. The van der Waals surface area contributed by atoms with E-state index in [0.29, 0.717) is 16.8 Å². The lowest BCUT2D eigenvalue weighted by Crippen LogP contribution is -2.17. The van der Waals surface area contributed by atoms with Crippen molar-refractivity contribution in [3.8, 4) is 0 Å². The molecule has 1 aliphatic carbocycles. The van der Waals surface area contributed by atoms with Gasteiger partial charge in [-0.3, -0.25) is 4.79 Å². The van der Waals surface area contributed by atoms with Gasteiger partial charge >= 0.3 is 5.97 Å². The van der Waals surface area contributed by atoms with Gasteiger partial charge in [0.1, 0.15) is 0 Å². The van der Waals surface area contributed by atoms with Crippen LogP contribution in [0.1, 0.15) is 77.4 Å². The van der Waals surface area contributed by atoms with Gasteiger partial charge < -0.3 is 10.1 Å². The van der Waals surface area contributed by atoms with Crippen LogP contribution in [0.3, 0.4) is 0 Å². The number of esters is 1. The summed E-state index contributed by atoms with van der Waals surface area (Å²) in [5, 5.41) is 2.93. The van der Waals surface area contributed by atoms with Crippen LogP contribution >= 0.6 is 0 Å². The minimum absolute atomic E-state index is 0.0318. The van der Waals surface area contributed by atoms with Crippen LogP contribution in [-0.4, -0.2) is 19.0 Å². The van der Waals surface area contributed by atoms with Gasteiger partial charge in [0.15, 0.2) is 0 Å². The molecule has 0 bridgehead atoms. The molecule has 4 heteroatoms. The number of anilines is 1. The highest BCUT2D eigenvalue weighted by atomic mass is 16.5. The summed E-state index contributed by atoms with van der Waals surface area (Å²) in [6, 6.07) is 11.5. The van der Waals surface area contributed by atoms with Crippen molar-refractivity contribution in [2.24, 2.45) is 0 Å². The zero-order valence-corrected chi connectivity index (χ0v) is 17.2. The maximum atomic E-state index is 12.8. The largest absolute Gasteiger partial charge is 0.465 e. The van der Waals surface area contributed by atoms with E-state index in [1.54, 1.807) is 0 Å². The first kappa shape index (κ1) is 20.1. The van der Waals surface area contributed by atoms with Crippen molar-refractivity contribution in [2.75, 3.05) is 12.4 Å². The first-order chi connectivity index (χ1) is 13.3. The highest BCUT2D eigenvalue weighted by molar-refractivity contribution is 6.08. The zero-order chi connectivity index (χ0) is 20.3. The average molecular weight is 380 g/mol. The molecular weight excluding hydrogens is 350 g/mol. The topological polar surface area (TPSA) is 55.4 Å². The molecule has 1 amide bonds. The van der Waals surface area contributed by atoms with Crippen molar-refractivity contribution in [2.45, 2.75) is 58.3 Å². The minimum Gasteiger partial charge on any atom is -0.465 e. The lowest BCUT2D eigenvalue weighted by molar-refractivity contribution is 0.0602. The predicted molar refractivity (Wildman–Crippen MR) is 112 cm³/mol. The second-order valence-electron chi connectivity index (χ2n) is 8.50. The minimum atomic E-state index is -0.426. The Bertz CT molecular complexity index is 876. The van der Waals surface area contributed by atoms with Crippen LogP contribution in [-0.2, 0) is 23.0 Å². The van der Waals surface area contributed by atoms with E-state index < -0.39 is 5.97 Å². The molecule has 0 saturated carbocycles. The average Bonchev–Trinajstić information content (AvgIpc) is 2.91. The fourth-order valence-electron chi connectivity index (χ4n) is 3.66. The SMILES string of the molecule is COC(=O)c1cc2c(cc1NC(=O)c1ccc(C(C)(C)C)cc1)CCCCC2. The summed E-state index contributed by atoms with van der Waals surface area (Å²) in [7, 11) is 1.37. The van der Waals surface area contributed by atoms with E-state index in [0.717, 1.165) is 25.7 Å². The number of carbonyl (C=O) groups is 2. The van der Waals surface area contributed by atoms with Crippen LogP contribution in [0.2, 0.25) is 0 Å². The van der Waals surface area contributed by atoms with Crippen LogP contribution in [0.5, 0.6) is 0 Å². The molecule has 0 unspecified atom stereocenters. The molecule has 4 nitrogen and oxygen atoms in total. The Morgan fingerprint density at radius 3 is 2.11 bits per heavy atom. The molecule has 0 saturated heterocycles. The van der Waals surface area contributed by atoms with Gasteiger partial charge in [-0.1, -0.05) is 39.3 Å². The number of nitrogens with one attached hydrogen (secondary N) is 1. The molecule has 3 rings (SSSR count). The molecule has 0 aliphatic heterocycles. The molecule has 148 valence electrons. The number of aryl methyl sites for hydroxylation is 2. The van der Waals surface area contributed by atoms with Crippen molar-refractivity contribution >= 4 is 17.6 Å². The number of hydrogen-bond donors (Lipinski definition) is 1. The van der Waals surface area contributed by atoms with Gasteiger partial charge in [-0.15, -0.1) is 0 Å².